The number of aromatic nitrogens is 1. The molecule has 3 N–H and O–H groups in total. The van der Waals surface area contributed by atoms with Crippen molar-refractivity contribution < 1.29 is 18.8 Å². The van der Waals surface area contributed by atoms with Gasteiger partial charge < -0.3 is 15.2 Å². The Morgan fingerprint density at radius 2 is 1.77 bits per heavy atom. The minimum Gasteiger partial charge on any atom is -0.326 e. The molecule has 1 unspecified atom stereocenters. The van der Waals surface area contributed by atoms with Gasteiger partial charge in [-0.1, -0.05) is 0 Å². The minimum absolute atomic E-state index is 0.155. The Kier molecular flexibility index (Phi) is 7.72. The Morgan fingerprint density at radius 3 is 2.43 bits per heavy atom. The molecule has 1 atom stereocenters. The van der Waals surface area contributed by atoms with Crippen LogP contribution in [0.1, 0.15) is 31.9 Å². The minimum atomic E-state index is -0.318. The van der Waals surface area contributed by atoms with Gasteiger partial charge in [-0.15, -0.1) is 0 Å². The Labute approximate surface area is 203 Å². The van der Waals surface area contributed by atoms with Gasteiger partial charge in [0.05, 0.1) is 11.6 Å². The molecule has 0 spiro atoms. The number of hydrogen-bond donors (Lipinski definition) is 3. The predicted molar refractivity (Wildman–Crippen MR) is 133 cm³/mol. The van der Waals surface area contributed by atoms with Gasteiger partial charge in [-0.25, -0.2) is 4.39 Å². The van der Waals surface area contributed by atoms with E-state index in [0.717, 1.165) is 42.0 Å². The summed E-state index contributed by atoms with van der Waals surface area (Å²) in [4.78, 5) is 36.3. The lowest BCUT2D eigenvalue weighted by Gasteiger charge is -2.21. The first kappa shape index (κ1) is 24.3. The van der Waals surface area contributed by atoms with Crippen LogP contribution < -0.4 is 16.0 Å². The molecule has 182 valence electrons. The Morgan fingerprint density at radius 1 is 1.03 bits per heavy atom. The molecule has 1 aliphatic rings. The van der Waals surface area contributed by atoms with Crippen LogP contribution in [-0.2, 0) is 20.8 Å². The first-order valence-electron chi connectivity index (χ1n) is 11.8. The van der Waals surface area contributed by atoms with E-state index in [1.807, 2.05) is 28.8 Å². The van der Waals surface area contributed by atoms with Crippen molar-refractivity contribution in [3.05, 3.63) is 72.2 Å². The molecule has 1 fully saturated rings. The van der Waals surface area contributed by atoms with Crippen molar-refractivity contribution in [2.24, 2.45) is 5.92 Å². The van der Waals surface area contributed by atoms with Crippen molar-refractivity contribution in [2.45, 2.75) is 32.6 Å². The molecule has 0 radical (unpaired) electrons. The van der Waals surface area contributed by atoms with E-state index in [1.165, 1.54) is 19.1 Å². The first-order chi connectivity index (χ1) is 16.9. The quantitative estimate of drug-likeness (QED) is 0.484. The van der Waals surface area contributed by atoms with E-state index in [0.29, 0.717) is 18.7 Å². The largest absolute Gasteiger partial charge is 0.326 e. The van der Waals surface area contributed by atoms with Gasteiger partial charge in [-0.2, -0.15) is 0 Å². The number of carbonyl (C=O) groups is 3. The number of carbonyl (C=O) groups excluding carboxylic acids is 3. The zero-order valence-corrected chi connectivity index (χ0v) is 19.6. The second-order valence-electron chi connectivity index (χ2n) is 8.74. The monoisotopic (exact) mass is 476 g/mol. The molecule has 0 bridgehead atoms. The molecular weight excluding hydrogens is 447 g/mol. The summed E-state index contributed by atoms with van der Waals surface area (Å²) < 4.78 is 15.5. The van der Waals surface area contributed by atoms with Crippen molar-refractivity contribution in [3.8, 4) is 16.9 Å². The fraction of sp³-hybridized carbons (Fsp3) is 0.296. The van der Waals surface area contributed by atoms with E-state index in [9.17, 15) is 18.8 Å². The lowest BCUT2D eigenvalue weighted by atomic mass is 9.99. The maximum atomic E-state index is 13.5. The number of amides is 3. The van der Waals surface area contributed by atoms with Gasteiger partial charge in [0.2, 0.25) is 17.7 Å². The normalized spacial score (nSPS) is 15.4. The zero-order valence-electron chi connectivity index (χ0n) is 19.6. The molecule has 8 heteroatoms. The Bertz CT molecular complexity index is 1200. The van der Waals surface area contributed by atoms with Gasteiger partial charge in [0, 0.05) is 37.0 Å². The van der Waals surface area contributed by atoms with Crippen LogP contribution in [0.2, 0.25) is 0 Å². The van der Waals surface area contributed by atoms with Gasteiger partial charge >= 0.3 is 0 Å². The molecule has 1 saturated heterocycles. The van der Waals surface area contributed by atoms with Crippen molar-refractivity contribution in [2.75, 3.05) is 18.4 Å². The number of hydrogen-bond acceptors (Lipinski definition) is 4. The molecule has 35 heavy (non-hydrogen) atoms. The Hall–Kier alpha value is -3.78. The topological polar surface area (TPSA) is 92.2 Å². The molecule has 7 nitrogen and oxygen atoms in total. The van der Waals surface area contributed by atoms with E-state index in [2.05, 4.69) is 16.0 Å². The summed E-state index contributed by atoms with van der Waals surface area (Å²) in [5.74, 6) is -1.18. The number of nitrogens with zero attached hydrogens (tertiary/aromatic N) is 1. The van der Waals surface area contributed by atoms with Crippen LogP contribution in [0.15, 0.2) is 60.7 Å². The highest BCUT2D eigenvalue weighted by molar-refractivity contribution is 5.96. The lowest BCUT2D eigenvalue weighted by molar-refractivity contribution is -0.133. The standard InChI is InChI=1S/C27H29FN4O3/c1-18(33)30-22-8-10-23(11-9-22)32-24(12-14-25(32)19-4-6-21(28)7-5-19)13-15-26(34)31-27(35)20-3-2-16-29-17-20/h4-12,14,20,29H,2-3,13,15-17H2,1H3,(H,30,33)(H,31,34,35). The number of nitrogens with one attached hydrogen (secondary N) is 3. The third-order valence-corrected chi connectivity index (χ3v) is 6.09. The van der Waals surface area contributed by atoms with Crippen molar-refractivity contribution in [3.63, 3.8) is 0 Å². The van der Waals surface area contributed by atoms with E-state index in [4.69, 9.17) is 0 Å². The second kappa shape index (κ2) is 11.1. The zero-order chi connectivity index (χ0) is 24.8. The smallest absolute Gasteiger partial charge is 0.230 e. The van der Waals surface area contributed by atoms with Crippen LogP contribution in [0.3, 0.4) is 0 Å². The average molecular weight is 477 g/mol. The van der Waals surface area contributed by atoms with Gasteiger partial charge in [0.25, 0.3) is 0 Å². The molecule has 1 aliphatic heterocycles. The molecule has 0 aliphatic carbocycles. The van der Waals surface area contributed by atoms with Crippen LogP contribution in [0.4, 0.5) is 10.1 Å². The fourth-order valence-electron chi connectivity index (χ4n) is 4.34. The summed E-state index contributed by atoms with van der Waals surface area (Å²) >= 11 is 0. The highest BCUT2D eigenvalue weighted by Gasteiger charge is 2.22. The highest BCUT2D eigenvalue weighted by Crippen LogP contribution is 2.28. The number of rotatable bonds is 7. The maximum Gasteiger partial charge on any atom is 0.230 e. The van der Waals surface area contributed by atoms with E-state index < -0.39 is 0 Å². The summed E-state index contributed by atoms with van der Waals surface area (Å²) in [6.45, 7) is 2.94. The summed E-state index contributed by atoms with van der Waals surface area (Å²) in [5.41, 5.74) is 4.06. The van der Waals surface area contributed by atoms with E-state index in [-0.39, 0.29) is 35.9 Å². The molecule has 0 saturated carbocycles. The van der Waals surface area contributed by atoms with Crippen LogP contribution in [-0.4, -0.2) is 35.4 Å². The molecular formula is C27H29FN4O3. The molecule has 3 amide bonds. The lowest BCUT2D eigenvalue weighted by Crippen LogP contribution is -2.42. The second-order valence-corrected chi connectivity index (χ2v) is 8.74. The molecule has 2 aromatic carbocycles. The summed E-state index contributed by atoms with van der Waals surface area (Å²) in [5, 5.41) is 8.48. The summed E-state index contributed by atoms with van der Waals surface area (Å²) in [7, 11) is 0. The molecule has 1 aromatic heterocycles. The predicted octanol–water partition coefficient (Wildman–Crippen LogP) is 3.82. The van der Waals surface area contributed by atoms with E-state index >= 15 is 0 Å². The summed E-state index contributed by atoms with van der Waals surface area (Å²) in [6, 6.07) is 17.5. The first-order valence-corrected chi connectivity index (χ1v) is 11.8. The van der Waals surface area contributed by atoms with Crippen molar-refractivity contribution in [1.82, 2.24) is 15.2 Å². The number of imide groups is 1. The van der Waals surface area contributed by atoms with Crippen LogP contribution >= 0.6 is 0 Å². The maximum absolute atomic E-state index is 13.5. The Balaban J connectivity index is 1.54. The average Bonchev–Trinajstić information content (AvgIpc) is 3.28. The third kappa shape index (κ3) is 6.22. The van der Waals surface area contributed by atoms with E-state index in [1.54, 1.807) is 24.3 Å². The number of anilines is 1. The number of piperidine rings is 1. The van der Waals surface area contributed by atoms with Crippen LogP contribution in [0, 0.1) is 11.7 Å². The molecule has 3 aromatic rings. The molecule has 2 heterocycles. The number of aryl methyl sites for hydroxylation is 1. The van der Waals surface area contributed by atoms with Crippen LogP contribution in [0.25, 0.3) is 16.9 Å². The fourth-order valence-corrected chi connectivity index (χ4v) is 4.34. The van der Waals surface area contributed by atoms with Gasteiger partial charge in [-0.05, 0) is 92.0 Å². The molecule has 4 rings (SSSR count). The van der Waals surface area contributed by atoms with Crippen LogP contribution in [0.5, 0.6) is 0 Å². The highest BCUT2D eigenvalue weighted by atomic mass is 19.1. The van der Waals surface area contributed by atoms with Gasteiger partial charge in [-0.3, -0.25) is 19.7 Å². The van der Waals surface area contributed by atoms with Crippen molar-refractivity contribution in [1.29, 1.82) is 0 Å². The third-order valence-electron chi connectivity index (χ3n) is 6.09. The summed E-state index contributed by atoms with van der Waals surface area (Å²) in [6.07, 6.45) is 2.27. The SMILES string of the molecule is CC(=O)Nc1ccc(-n2c(CCC(=O)NC(=O)C3CCCNC3)ccc2-c2ccc(F)cc2)cc1. The van der Waals surface area contributed by atoms with Gasteiger partial charge in [0.15, 0.2) is 0 Å². The van der Waals surface area contributed by atoms with Gasteiger partial charge in [0.1, 0.15) is 5.82 Å². The number of benzene rings is 2. The van der Waals surface area contributed by atoms with Crippen molar-refractivity contribution >= 4 is 23.4 Å². The number of halogens is 1.